The van der Waals surface area contributed by atoms with Gasteiger partial charge in [0.05, 0.1) is 6.54 Å². The fourth-order valence-corrected chi connectivity index (χ4v) is 1.23. The van der Waals surface area contributed by atoms with Crippen molar-refractivity contribution in [3.05, 3.63) is 35.4 Å². The molecule has 0 heterocycles. The third-order valence-corrected chi connectivity index (χ3v) is 1.86. The van der Waals surface area contributed by atoms with Crippen LogP contribution in [0.4, 0.5) is 0 Å². The molecule has 12 heavy (non-hydrogen) atoms. The highest BCUT2D eigenvalue weighted by atomic mass is 14.7. The maximum Gasteiger partial charge on any atom is 0.0632 e. The van der Waals surface area contributed by atoms with Crippen LogP contribution in [0, 0.1) is 0 Å². The van der Waals surface area contributed by atoms with Gasteiger partial charge < -0.3 is 0 Å². The Bertz CT molecular complexity index is 236. The molecule has 1 aromatic carbocycles. The molecule has 0 aromatic heterocycles. The molecular formula is C11H15N. The van der Waals surface area contributed by atoms with Gasteiger partial charge in [-0.3, -0.25) is 4.99 Å². The molecule has 0 aliphatic carbocycles. The lowest BCUT2D eigenvalue weighted by molar-refractivity contribution is 0.919. The van der Waals surface area contributed by atoms with Crippen LogP contribution in [0.15, 0.2) is 29.3 Å². The van der Waals surface area contributed by atoms with Gasteiger partial charge in [-0.05, 0) is 24.3 Å². The normalized spacial score (nSPS) is 9.75. The van der Waals surface area contributed by atoms with Crippen molar-refractivity contribution in [3.63, 3.8) is 0 Å². The third kappa shape index (κ3) is 2.50. The zero-order valence-corrected chi connectivity index (χ0v) is 7.59. The van der Waals surface area contributed by atoms with E-state index in [1.807, 2.05) is 0 Å². The minimum Gasteiger partial charge on any atom is -0.296 e. The molecule has 0 fully saturated rings. The van der Waals surface area contributed by atoms with Crippen molar-refractivity contribution in [1.82, 2.24) is 0 Å². The van der Waals surface area contributed by atoms with Crippen LogP contribution in [-0.2, 0) is 13.0 Å². The summed E-state index contributed by atoms with van der Waals surface area (Å²) in [7, 11) is 0. The molecule has 0 radical (unpaired) electrons. The SMILES string of the molecule is C=NCc1ccc(CCC)cc1. The standard InChI is InChI=1S/C11H15N/c1-3-4-10-5-7-11(8-6-10)9-12-2/h5-8H,2-4,9H2,1H3. The van der Waals surface area contributed by atoms with Crippen LogP contribution in [0.1, 0.15) is 24.5 Å². The molecule has 0 saturated heterocycles. The van der Waals surface area contributed by atoms with Crippen LogP contribution in [0.2, 0.25) is 0 Å². The van der Waals surface area contributed by atoms with Gasteiger partial charge in [0, 0.05) is 0 Å². The Morgan fingerprint density at radius 3 is 2.25 bits per heavy atom. The van der Waals surface area contributed by atoms with Gasteiger partial charge in [-0.2, -0.15) is 0 Å². The molecule has 0 bridgehead atoms. The second-order valence-corrected chi connectivity index (χ2v) is 2.95. The summed E-state index contributed by atoms with van der Waals surface area (Å²) in [4.78, 5) is 3.83. The highest BCUT2D eigenvalue weighted by Crippen LogP contribution is 2.07. The van der Waals surface area contributed by atoms with E-state index in [2.05, 4.69) is 42.9 Å². The monoisotopic (exact) mass is 161 g/mol. The van der Waals surface area contributed by atoms with E-state index < -0.39 is 0 Å². The quantitative estimate of drug-likeness (QED) is 0.602. The average molecular weight is 161 g/mol. The summed E-state index contributed by atoms with van der Waals surface area (Å²) in [6, 6.07) is 8.59. The molecule has 0 spiro atoms. The zero-order valence-electron chi connectivity index (χ0n) is 7.59. The number of aryl methyl sites for hydroxylation is 1. The van der Waals surface area contributed by atoms with Crippen molar-refractivity contribution in [2.45, 2.75) is 26.3 Å². The Morgan fingerprint density at radius 2 is 1.75 bits per heavy atom. The molecule has 64 valence electrons. The predicted octanol–water partition coefficient (Wildman–Crippen LogP) is 2.84. The van der Waals surface area contributed by atoms with Crippen molar-refractivity contribution in [1.29, 1.82) is 0 Å². The van der Waals surface area contributed by atoms with E-state index in [1.165, 1.54) is 24.0 Å². The molecule has 1 aromatic rings. The topological polar surface area (TPSA) is 12.4 Å². The van der Waals surface area contributed by atoms with Crippen molar-refractivity contribution in [3.8, 4) is 0 Å². The number of nitrogens with zero attached hydrogens (tertiary/aromatic N) is 1. The summed E-state index contributed by atoms with van der Waals surface area (Å²) in [6.45, 7) is 6.39. The van der Waals surface area contributed by atoms with Crippen LogP contribution >= 0.6 is 0 Å². The molecule has 0 aliphatic heterocycles. The molecule has 0 aliphatic rings. The molecule has 0 N–H and O–H groups in total. The van der Waals surface area contributed by atoms with E-state index in [0.717, 1.165) is 6.54 Å². The lowest BCUT2D eigenvalue weighted by atomic mass is 10.1. The van der Waals surface area contributed by atoms with E-state index in [1.54, 1.807) is 0 Å². The first kappa shape index (κ1) is 8.98. The lowest BCUT2D eigenvalue weighted by Gasteiger charge is -1.99. The zero-order chi connectivity index (χ0) is 8.81. The molecule has 1 rings (SSSR count). The van der Waals surface area contributed by atoms with Gasteiger partial charge in [0.25, 0.3) is 0 Å². The van der Waals surface area contributed by atoms with Gasteiger partial charge in [-0.15, -0.1) is 0 Å². The number of hydrogen-bond acceptors (Lipinski definition) is 1. The molecule has 0 atom stereocenters. The maximum absolute atomic E-state index is 3.83. The van der Waals surface area contributed by atoms with Crippen LogP contribution in [0.5, 0.6) is 0 Å². The Kier molecular flexibility index (Phi) is 3.52. The fraction of sp³-hybridized carbons (Fsp3) is 0.364. The number of aliphatic imine (C=N–C) groups is 1. The molecule has 1 nitrogen and oxygen atoms in total. The van der Waals surface area contributed by atoms with Gasteiger partial charge in [0.2, 0.25) is 0 Å². The third-order valence-electron chi connectivity index (χ3n) is 1.86. The van der Waals surface area contributed by atoms with Crippen molar-refractivity contribution in [2.75, 3.05) is 0 Å². The summed E-state index contributed by atoms with van der Waals surface area (Å²) in [5.74, 6) is 0. The van der Waals surface area contributed by atoms with Crippen molar-refractivity contribution >= 4 is 6.72 Å². The summed E-state index contributed by atoms with van der Waals surface area (Å²) < 4.78 is 0. The number of rotatable bonds is 4. The summed E-state index contributed by atoms with van der Waals surface area (Å²) in [5, 5.41) is 0. The number of hydrogen-bond donors (Lipinski definition) is 0. The van der Waals surface area contributed by atoms with E-state index in [0.29, 0.717) is 0 Å². The Labute approximate surface area is 74.2 Å². The smallest absolute Gasteiger partial charge is 0.0632 e. The fourth-order valence-electron chi connectivity index (χ4n) is 1.23. The largest absolute Gasteiger partial charge is 0.296 e. The van der Waals surface area contributed by atoms with Gasteiger partial charge in [-0.25, -0.2) is 0 Å². The van der Waals surface area contributed by atoms with Crippen molar-refractivity contribution < 1.29 is 0 Å². The van der Waals surface area contributed by atoms with E-state index in [9.17, 15) is 0 Å². The van der Waals surface area contributed by atoms with Gasteiger partial charge in [0.15, 0.2) is 0 Å². The summed E-state index contributed by atoms with van der Waals surface area (Å²) >= 11 is 0. The van der Waals surface area contributed by atoms with Gasteiger partial charge in [0.1, 0.15) is 0 Å². The second kappa shape index (κ2) is 4.70. The van der Waals surface area contributed by atoms with E-state index in [4.69, 9.17) is 0 Å². The molecular weight excluding hydrogens is 146 g/mol. The van der Waals surface area contributed by atoms with Gasteiger partial charge in [-0.1, -0.05) is 37.6 Å². The minimum absolute atomic E-state index is 0.729. The summed E-state index contributed by atoms with van der Waals surface area (Å²) in [5.41, 5.74) is 2.65. The molecule has 0 unspecified atom stereocenters. The maximum atomic E-state index is 3.83. The van der Waals surface area contributed by atoms with Crippen LogP contribution in [-0.4, -0.2) is 6.72 Å². The van der Waals surface area contributed by atoms with Crippen LogP contribution < -0.4 is 0 Å². The van der Waals surface area contributed by atoms with Crippen molar-refractivity contribution in [2.24, 2.45) is 4.99 Å². The van der Waals surface area contributed by atoms with Gasteiger partial charge >= 0.3 is 0 Å². The molecule has 0 saturated carbocycles. The lowest BCUT2D eigenvalue weighted by Crippen LogP contribution is -1.85. The number of benzene rings is 1. The molecule has 1 heteroatoms. The first-order chi connectivity index (χ1) is 5.86. The Morgan fingerprint density at radius 1 is 1.17 bits per heavy atom. The van der Waals surface area contributed by atoms with Crippen LogP contribution in [0.25, 0.3) is 0 Å². The highest BCUT2D eigenvalue weighted by molar-refractivity contribution is 5.27. The first-order valence-corrected chi connectivity index (χ1v) is 4.37. The average Bonchev–Trinajstić information content (AvgIpc) is 2.09. The van der Waals surface area contributed by atoms with E-state index in [-0.39, 0.29) is 0 Å². The Hall–Kier alpha value is -1.11. The second-order valence-electron chi connectivity index (χ2n) is 2.95. The molecule has 0 amide bonds. The van der Waals surface area contributed by atoms with Crippen LogP contribution in [0.3, 0.4) is 0 Å². The highest BCUT2D eigenvalue weighted by Gasteiger charge is 1.91. The predicted molar refractivity (Wildman–Crippen MR) is 53.7 cm³/mol. The minimum atomic E-state index is 0.729. The Balaban J connectivity index is 2.64. The van der Waals surface area contributed by atoms with E-state index >= 15 is 0 Å². The summed E-state index contributed by atoms with van der Waals surface area (Å²) in [6.07, 6.45) is 2.38. The first-order valence-electron chi connectivity index (χ1n) is 4.37.